The predicted molar refractivity (Wildman–Crippen MR) is 158 cm³/mol. The fraction of sp³-hybridized carbons (Fsp3) is 0.515. The van der Waals surface area contributed by atoms with E-state index >= 15 is 0 Å². The van der Waals surface area contributed by atoms with Gasteiger partial charge in [-0.05, 0) is 61.8 Å². The molecule has 2 atom stereocenters. The average molecular weight is 562 g/mol. The zero-order valence-corrected chi connectivity index (χ0v) is 24.6. The van der Waals surface area contributed by atoms with Crippen LogP contribution < -0.4 is 0 Å². The first kappa shape index (κ1) is 30.3. The molecule has 1 fully saturated rings. The molecule has 2 aliphatic rings. The van der Waals surface area contributed by atoms with Crippen molar-refractivity contribution in [1.82, 2.24) is 9.91 Å². The number of hydrogen-bond donors (Lipinski definition) is 0. The van der Waals surface area contributed by atoms with Gasteiger partial charge in [0.25, 0.3) is 5.91 Å². The van der Waals surface area contributed by atoms with Gasteiger partial charge in [0.1, 0.15) is 0 Å². The maximum atomic E-state index is 13.7. The van der Waals surface area contributed by atoms with Gasteiger partial charge >= 0.3 is 5.97 Å². The van der Waals surface area contributed by atoms with E-state index in [0.717, 1.165) is 61.6 Å². The summed E-state index contributed by atoms with van der Waals surface area (Å²) in [5.41, 5.74) is 2.80. The molecule has 4 rings (SSSR count). The fourth-order valence-corrected chi connectivity index (χ4v) is 5.70. The number of likely N-dealkylation sites (N-methyl/N-ethyl adjacent to an activating group) is 1. The average Bonchev–Trinajstić information content (AvgIpc) is 3.52. The van der Waals surface area contributed by atoms with E-state index in [0.29, 0.717) is 31.5 Å². The molecule has 8 heteroatoms. The summed E-state index contributed by atoms with van der Waals surface area (Å²) in [6.45, 7) is 5.08. The van der Waals surface area contributed by atoms with Crippen LogP contribution in [0.25, 0.3) is 0 Å². The number of unbranched alkanes of at least 4 members (excludes halogenated alkanes) is 1. The minimum Gasteiger partial charge on any atom is -0.466 e. The summed E-state index contributed by atoms with van der Waals surface area (Å²) in [6, 6.07) is 17.6. The third-order valence-corrected chi connectivity index (χ3v) is 8.11. The summed E-state index contributed by atoms with van der Waals surface area (Å²) in [5, 5.41) is 5.91. The van der Waals surface area contributed by atoms with Gasteiger partial charge in [0.15, 0.2) is 6.61 Å². The Labute approximate surface area is 243 Å². The molecule has 0 aromatic heterocycles. The van der Waals surface area contributed by atoms with Gasteiger partial charge in [0, 0.05) is 19.2 Å². The van der Waals surface area contributed by atoms with Gasteiger partial charge in [-0.1, -0.05) is 68.7 Å². The predicted octanol–water partition coefficient (Wildman–Crippen LogP) is 5.51. The molecule has 1 aliphatic heterocycles. The lowest BCUT2D eigenvalue weighted by Crippen LogP contribution is -2.36. The van der Waals surface area contributed by atoms with E-state index in [9.17, 15) is 14.4 Å². The van der Waals surface area contributed by atoms with E-state index < -0.39 is 0 Å². The van der Waals surface area contributed by atoms with Gasteiger partial charge in [-0.25, -0.2) is 5.01 Å². The van der Waals surface area contributed by atoms with Crippen molar-refractivity contribution in [2.24, 2.45) is 16.9 Å². The lowest BCUT2D eigenvalue weighted by molar-refractivity contribution is -0.147. The Morgan fingerprint density at radius 3 is 2.46 bits per heavy atom. The minimum absolute atomic E-state index is 0.0435. The van der Waals surface area contributed by atoms with Crippen LogP contribution in [0.5, 0.6) is 0 Å². The van der Waals surface area contributed by atoms with Crippen molar-refractivity contribution in [3.63, 3.8) is 0 Å². The highest BCUT2D eigenvalue weighted by molar-refractivity contribution is 5.97. The molecule has 0 saturated heterocycles. The summed E-state index contributed by atoms with van der Waals surface area (Å²) >= 11 is 0. The number of benzene rings is 2. The van der Waals surface area contributed by atoms with Crippen molar-refractivity contribution in [3.8, 4) is 0 Å². The molecule has 8 nitrogen and oxygen atoms in total. The smallest absolute Gasteiger partial charge is 0.308 e. The topological polar surface area (TPSA) is 88.5 Å². The van der Waals surface area contributed by atoms with E-state index in [2.05, 4.69) is 5.10 Å². The second-order valence-corrected chi connectivity index (χ2v) is 11.2. The third-order valence-electron chi connectivity index (χ3n) is 8.11. The monoisotopic (exact) mass is 561 g/mol. The SMILES string of the molecule is CCOC(=O)C(C)CCCCN(C)C(=O)C(c1ccc(CN2N=C(c3ccccc3)OCC2=O)cc1)C1CCCC1. The van der Waals surface area contributed by atoms with Gasteiger partial charge in [-0.2, -0.15) is 0 Å². The van der Waals surface area contributed by atoms with Crippen molar-refractivity contribution in [2.45, 2.75) is 71.3 Å². The van der Waals surface area contributed by atoms with Crippen LogP contribution in [0, 0.1) is 11.8 Å². The molecule has 0 N–H and O–H groups in total. The van der Waals surface area contributed by atoms with E-state index in [1.165, 1.54) is 5.01 Å². The number of nitrogens with zero attached hydrogens (tertiary/aromatic N) is 3. The zero-order valence-electron chi connectivity index (χ0n) is 24.6. The quantitative estimate of drug-likeness (QED) is 0.238. The first-order chi connectivity index (χ1) is 19.9. The lowest BCUT2D eigenvalue weighted by Gasteiger charge is -2.29. The van der Waals surface area contributed by atoms with Crippen LogP contribution in [0.2, 0.25) is 0 Å². The molecule has 2 amide bonds. The third kappa shape index (κ3) is 8.18. The normalized spacial score (nSPS) is 17.0. The fourth-order valence-electron chi connectivity index (χ4n) is 5.70. The molecular weight excluding hydrogens is 518 g/mol. The van der Waals surface area contributed by atoms with Crippen LogP contribution in [0.4, 0.5) is 0 Å². The highest BCUT2D eigenvalue weighted by Crippen LogP contribution is 2.38. The molecule has 2 unspecified atom stereocenters. The number of esters is 1. The number of ether oxygens (including phenoxy) is 2. The summed E-state index contributed by atoms with van der Waals surface area (Å²) in [5.74, 6) is 0.287. The van der Waals surface area contributed by atoms with Crippen LogP contribution in [-0.4, -0.2) is 60.4 Å². The molecule has 2 aromatic rings. The lowest BCUT2D eigenvalue weighted by atomic mass is 9.83. The second-order valence-electron chi connectivity index (χ2n) is 11.2. The Morgan fingerprint density at radius 1 is 1.07 bits per heavy atom. The Bertz CT molecular complexity index is 1190. The summed E-state index contributed by atoms with van der Waals surface area (Å²) < 4.78 is 10.7. The van der Waals surface area contributed by atoms with Crippen LogP contribution in [0.15, 0.2) is 59.7 Å². The highest BCUT2D eigenvalue weighted by atomic mass is 16.5. The molecule has 220 valence electrons. The number of amides is 2. The number of carbonyl (C=O) groups is 3. The summed E-state index contributed by atoms with van der Waals surface area (Å²) in [7, 11) is 1.89. The van der Waals surface area contributed by atoms with E-state index in [-0.39, 0.29) is 36.2 Å². The number of hydrazone groups is 1. The first-order valence-corrected chi connectivity index (χ1v) is 14.9. The number of rotatable bonds is 13. The Balaban J connectivity index is 1.39. The van der Waals surface area contributed by atoms with Gasteiger partial charge in [-0.15, -0.1) is 5.10 Å². The Hall–Kier alpha value is -3.68. The molecule has 1 heterocycles. The minimum atomic E-state index is -0.189. The molecular formula is C33H43N3O5. The van der Waals surface area contributed by atoms with Crippen LogP contribution >= 0.6 is 0 Å². The summed E-state index contributed by atoms with van der Waals surface area (Å²) in [6.07, 6.45) is 6.91. The first-order valence-electron chi connectivity index (χ1n) is 14.9. The Morgan fingerprint density at radius 2 is 1.78 bits per heavy atom. The van der Waals surface area contributed by atoms with Gasteiger partial charge in [0.05, 0.1) is 25.0 Å². The molecule has 1 saturated carbocycles. The molecule has 41 heavy (non-hydrogen) atoms. The maximum Gasteiger partial charge on any atom is 0.308 e. The van der Waals surface area contributed by atoms with Crippen LogP contribution in [0.3, 0.4) is 0 Å². The van der Waals surface area contributed by atoms with Crippen molar-refractivity contribution < 1.29 is 23.9 Å². The van der Waals surface area contributed by atoms with Gasteiger partial charge in [0.2, 0.25) is 11.8 Å². The van der Waals surface area contributed by atoms with Crippen molar-refractivity contribution >= 4 is 23.7 Å². The van der Waals surface area contributed by atoms with Gasteiger partial charge < -0.3 is 14.4 Å². The molecule has 1 aliphatic carbocycles. The van der Waals surface area contributed by atoms with Gasteiger partial charge in [-0.3, -0.25) is 14.4 Å². The summed E-state index contributed by atoms with van der Waals surface area (Å²) in [4.78, 5) is 40.0. The number of hydrogen-bond acceptors (Lipinski definition) is 6. The molecule has 0 radical (unpaired) electrons. The largest absolute Gasteiger partial charge is 0.466 e. The van der Waals surface area contributed by atoms with Crippen molar-refractivity contribution in [3.05, 3.63) is 71.3 Å². The Kier molecular flexibility index (Phi) is 10.9. The standard InChI is InChI=1S/C33H43N3O5/c1-4-40-33(39)24(2)12-10-11-21-35(3)32(38)30(26-13-8-9-14-26)27-19-17-25(18-20-27)22-36-29(37)23-41-31(34-36)28-15-6-5-7-16-28/h5-7,15-20,24,26,30H,4,8-14,21-23H2,1-3H3. The van der Waals surface area contributed by atoms with Crippen molar-refractivity contribution in [2.75, 3.05) is 26.8 Å². The second kappa shape index (κ2) is 14.8. The van der Waals surface area contributed by atoms with Crippen LogP contribution in [0.1, 0.15) is 81.4 Å². The zero-order chi connectivity index (χ0) is 29.2. The van der Waals surface area contributed by atoms with Crippen molar-refractivity contribution in [1.29, 1.82) is 0 Å². The molecule has 0 bridgehead atoms. The maximum absolute atomic E-state index is 13.7. The van der Waals surface area contributed by atoms with E-state index in [1.807, 2.05) is 80.4 Å². The highest BCUT2D eigenvalue weighted by Gasteiger charge is 2.34. The number of carbonyl (C=O) groups excluding carboxylic acids is 3. The molecule has 0 spiro atoms. The van der Waals surface area contributed by atoms with Crippen LogP contribution in [-0.2, 0) is 30.4 Å². The van der Waals surface area contributed by atoms with E-state index in [4.69, 9.17) is 9.47 Å². The molecule has 2 aromatic carbocycles. The van der Waals surface area contributed by atoms with E-state index in [1.54, 1.807) is 0 Å².